The molecule has 0 fully saturated rings. The van der Waals surface area contributed by atoms with Crippen molar-refractivity contribution in [2.24, 2.45) is 0 Å². The van der Waals surface area contributed by atoms with E-state index < -0.39 is 0 Å². The molecule has 10 heteroatoms. The van der Waals surface area contributed by atoms with Crippen LogP contribution in [0, 0.1) is 0 Å². The molecule has 30 heavy (non-hydrogen) atoms. The molecule has 1 aromatic carbocycles. The number of methoxy groups -OCH3 is 1. The molecule has 0 saturated carbocycles. The van der Waals surface area contributed by atoms with Crippen LogP contribution in [0.3, 0.4) is 0 Å². The largest absolute Gasteiger partial charge is 0.385 e. The molecule has 0 aliphatic rings. The Balaban J connectivity index is 1.79. The number of carbonyl (C=O) groups is 2. The monoisotopic (exact) mass is 514 g/mol. The zero-order valence-corrected chi connectivity index (χ0v) is 19.8. The molecule has 0 radical (unpaired) electrons. The molecule has 0 saturated heterocycles. The van der Waals surface area contributed by atoms with E-state index in [0.717, 1.165) is 12.0 Å². The first-order chi connectivity index (χ1) is 14.5. The zero-order valence-electron chi connectivity index (χ0n) is 16.6. The molecular weight excluding hydrogens is 492 g/mol. The maximum atomic E-state index is 12.5. The van der Waals surface area contributed by atoms with Crippen LogP contribution in [0.2, 0.25) is 5.02 Å². The molecule has 0 spiro atoms. The van der Waals surface area contributed by atoms with Gasteiger partial charge in [-0.3, -0.25) is 9.59 Å². The van der Waals surface area contributed by atoms with Crippen molar-refractivity contribution < 1.29 is 14.3 Å². The Morgan fingerprint density at radius 1 is 1.20 bits per heavy atom. The van der Waals surface area contributed by atoms with E-state index in [2.05, 4.69) is 36.5 Å². The van der Waals surface area contributed by atoms with Gasteiger partial charge in [-0.2, -0.15) is 0 Å². The van der Waals surface area contributed by atoms with Crippen molar-refractivity contribution in [3.8, 4) is 0 Å². The van der Waals surface area contributed by atoms with Gasteiger partial charge in [-0.1, -0.05) is 41.6 Å². The van der Waals surface area contributed by atoms with Crippen LogP contribution in [0.1, 0.15) is 35.3 Å². The Kier molecular flexibility index (Phi) is 11.1. The average Bonchev–Trinajstić information content (AvgIpc) is 2.74. The molecule has 0 aliphatic heterocycles. The number of thioether (sulfide) groups is 1. The summed E-state index contributed by atoms with van der Waals surface area (Å²) in [6.45, 7) is 1.58. The van der Waals surface area contributed by atoms with Crippen LogP contribution in [0.4, 0.5) is 0 Å². The van der Waals surface area contributed by atoms with Gasteiger partial charge in [-0.05, 0) is 40.4 Å². The molecule has 162 valence electrons. The second-order valence-corrected chi connectivity index (χ2v) is 8.49. The fourth-order valence-electron chi connectivity index (χ4n) is 2.40. The molecule has 2 N–H and O–H groups in total. The summed E-state index contributed by atoms with van der Waals surface area (Å²) in [6.07, 6.45) is 3.22. The summed E-state index contributed by atoms with van der Waals surface area (Å²) >= 11 is 10.9. The Bertz CT molecular complexity index is 857. The third-order valence-electron chi connectivity index (χ3n) is 3.97. The highest BCUT2D eigenvalue weighted by Gasteiger charge is 2.14. The van der Waals surface area contributed by atoms with E-state index in [1.165, 1.54) is 11.8 Å². The summed E-state index contributed by atoms with van der Waals surface area (Å²) in [6, 6.07) is 7.57. The Labute approximate surface area is 193 Å². The molecule has 0 unspecified atom stereocenters. The number of aromatic nitrogens is 2. The molecule has 0 bridgehead atoms. The van der Waals surface area contributed by atoms with Gasteiger partial charge in [0.1, 0.15) is 5.69 Å². The molecule has 7 nitrogen and oxygen atoms in total. The Morgan fingerprint density at radius 3 is 2.73 bits per heavy atom. The Hall–Kier alpha value is -1.68. The van der Waals surface area contributed by atoms with Crippen molar-refractivity contribution in [2.45, 2.75) is 30.2 Å². The maximum Gasteiger partial charge on any atom is 0.271 e. The van der Waals surface area contributed by atoms with E-state index in [1.807, 2.05) is 24.3 Å². The number of ether oxygens (including phenoxy) is 1. The first-order valence-electron chi connectivity index (χ1n) is 9.44. The van der Waals surface area contributed by atoms with Gasteiger partial charge in [0.25, 0.3) is 5.91 Å². The third kappa shape index (κ3) is 8.59. The third-order valence-corrected chi connectivity index (χ3v) is 5.82. The summed E-state index contributed by atoms with van der Waals surface area (Å²) < 4.78 is 5.44. The first kappa shape index (κ1) is 24.6. The molecule has 2 amide bonds. The molecule has 0 aliphatic carbocycles. The molecule has 2 aromatic rings. The Morgan fingerprint density at radius 2 is 1.97 bits per heavy atom. The van der Waals surface area contributed by atoms with Crippen molar-refractivity contribution >= 4 is 51.1 Å². The van der Waals surface area contributed by atoms with Gasteiger partial charge in [-0.25, -0.2) is 9.97 Å². The van der Waals surface area contributed by atoms with Crippen LogP contribution in [0.25, 0.3) is 0 Å². The quantitative estimate of drug-likeness (QED) is 0.253. The van der Waals surface area contributed by atoms with Crippen LogP contribution >= 0.6 is 39.3 Å². The molecule has 0 atom stereocenters. The number of halogens is 2. The number of amides is 2. The van der Waals surface area contributed by atoms with Crippen LogP contribution in [0.5, 0.6) is 0 Å². The van der Waals surface area contributed by atoms with Crippen LogP contribution in [-0.2, 0) is 15.3 Å². The van der Waals surface area contributed by atoms with Gasteiger partial charge >= 0.3 is 0 Å². The standard InChI is InChI=1S/C20H24BrClN4O3S/c1-29-11-5-10-23-17(27)8-4-9-24-19(28)18-15(21)12-25-20(26-18)30-13-14-6-2-3-7-16(14)22/h2-3,6-7,12H,4-5,8-11,13H2,1H3,(H,23,27)(H,24,28). The number of carbonyl (C=O) groups excluding carboxylic acids is 2. The minimum Gasteiger partial charge on any atom is -0.385 e. The number of hydrogen-bond donors (Lipinski definition) is 2. The fraction of sp³-hybridized carbons (Fsp3) is 0.400. The summed E-state index contributed by atoms with van der Waals surface area (Å²) in [5.74, 6) is 0.244. The summed E-state index contributed by atoms with van der Waals surface area (Å²) in [4.78, 5) is 32.8. The van der Waals surface area contributed by atoms with Crippen molar-refractivity contribution in [1.82, 2.24) is 20.6 Å². The van der Waals surface area contributed by atoms with Crippen LogP contribution in [-0.4, -0.2) is 48.6 Å². The van der Waals surface area contributed by atoms with Gasteiger partial charge in [0, 0.05) is 50.2 Å². The number of benzene rings is 1. The lowest BCUT2D eigenvalue weighted by atomic mass is 10.2. The van der Waals surface area contributed by atoms with E-state index >= 15 is 0 Å². The summed E-state index contributed by atoms with van der Waals surface area (Å²) in [7, 11) is 1.63. The van der Waals surface area contributed by atoms with E-state index in [1.54, 1.807) is 13.3 Å². The van der Waals surface area contributed by atoms with Crippen LogP contribution < -0.4 is 10.6 Å². The lowest BCUT2D eigenvalue weighted by Gasteiger charge is -2.08. The highest BCUT2D eigenvalue weighted by molar-refractivity contribution is 9.10. The average molecular weight is 516 g/mol. The van der Waals surface area contributed by atoms with Gasteiger partial charge in [0.2, 0.25) is 5.91 Å². The van der Waals surface area contributed by atoms with E-state index in [9.17, 15) is 9.59 Å². The van der Waals surface area contributed by atoms with Gasteiger partial charge in [-0.15, -0.1) is 0 Å². The van der Waals surface area contributed by atoms with E-state index in [4.69, 9.17) is 16.3 Å². The zero-order chi connectivity index (χ0) is 21.8. The van der Waals surface area contributed by atoms with Crippen molar-refractivity contribution in [3.63, 3.8) is 0 Å². The number of rotatable bonds is 12. The molecule has 1 heterocycles. The molecule has 2 rings (SSSR count). The van der Waals surface area contributed by atoms with Crippen molar-refractivity contribution in [3.05, 3.63) is 51.2 Å². The normalized spacial score (nSPS) is 10.6. The van der Waals surface area contributed by atoms with E-state index in [0.29, 0.717) is 52.9 Å². The highest BCUT2D eigenvalue weighted by atomic mass is 79.9. The lowest BCUT2D eigenvalue weighted by molar-refractivity contribution is -0.121. The molecular formula is C20H24BrClN4O3S. The smallest absolute Gasteiger partial charge is 0.271 e. The fourth-order valence-corrected chi connectivity index (χ4v) is 3.88. The maximum absolute atomic E-state index is 12.5. The SMILES string of the molecule is COCCCNC(=O)CCCNC(=O)c1nc(SCc2ccccc2Cl)ncc1Br. The van der Waals surface area contributed by atoms with Gasteiger partial charge in [0.15, 0.2) is 5.16 Å². The predicted octanol–water partition coefficient (Wildman–Crippen LogP) is 3.85. The topological polar surface area (TPSA) is 93.2 Å². The first-order valence-corrected chi connectivity index (χ1v) is 11.6. The van der Waals surface area contributed by atoms with Crippen molar-refractivity contribution in [1.29, 1.82) is 0 Å². The number of nitrogens with zero attached hydrogens (tertiary/aromatic N) is 2. The summed E-state index contributed by atoms with van der Waals surface area (Å²) in [5.41, 5.74) is 1.23. The molecule has 1 aromatic heterocycles. The highest BCUT2D eigenvalue weighted by Crippen LogP contribution is 2.25. The number of nitrogens with one attached hydrogen (secondary N) is 2. The van der Waals surface area contributed by atoms with Gasteiger partial charge in [0.05, 0.1) is 4.47 Å². The summed E-state index contributed by atoms with van der Waals surface area (Å²) in [5, 5.41) is 6.77. The second-order valence-electron chi connectivity index (χ2n) is 6.28. The van der Waals surface area contributed by atoms with Gasteiger partial charge < -0.3 is 15.4 Å². The number of hydrogen-bond acceptors (Lipinski definition) is 6. The van der Waals surface area contributed by atoms with Crippen molar-refractivity contribution in [2.75, 3.05) is 26.8 Å². The minimum absolute atomic E-state index is 0.0400. The van der Waals surface area contributed by atoms with Crippen LogP contribution in [0.15, 0.2) is 40.1 Å². The predicted molar refractivity (Wildman–Crippen MR) is 122 cm³/mol. The second kappa shape index (κ2) is 13.6. The van der Waals surface area contributed by atoms with E-state index in [-0.39, 0.29) is 17.5 Å². The lowest BCUT2D eigenvalue weighted by Crippen LogP contribution is -2.29. The minimum atomic E-state index is -0.315.